The van der Waals surface area contributed by atoms with Gasteiger partial charge in [-0.2, -0.15) is 0 Å². The van der Waals surface area contributed by atoms with Crippen molar-refractivity contribution in [1.82, 2.24) is 0 Å². The average Bonchev–Trinajstić information content (AvgIpc) is 2.92. The number of ketones is 2. The smallest absolute Gasteiger partial charge is 0.139 e. The predicted molar refractivity (Wildman–Crippen MR) is 101 cm³/mol. The molecule has 0 saturated heterocycles. The Kier molecular flexibility index (Phi) is 4.51. The van der Waals surface area contributed by atoms with Crippen LogP contribution in [0.2, 0.25) is 0 Å². The van der Waals surface area contributed by atoms with Crippen LogP contribution in [-0.4, -0.2) is 23.9 Å². The number of oxime groups is 1. The third kappa shape index (κ3) is 2.58. The van der Waals surface area contributed by atoms with Crippen LogP contribution in [0.15, 0.2) is 5.16 Å². The molecule has 0 radical (unpaired) electrons. The number of rotatable bonds is 3. The van der Waals surface area contributed by atoms with Gasteiger partial charge in [-0.1, -0.05) is 25.9 Å². The third-order valence-electron chi connectivity index (χ3n) is 8.50. The standard InChI is InChI=1S/C22H33NO3/c1-4-11-26-23-14-7-9-21(2)17-8-10-22(3)16(5-6-20(22)25)15(17)13-19(24)18(21)12-14/h15-18H,4-13H2,1-3H3/b23-14-/t15?,16?,17?,18-,21-,22+/m1/s1. The predicted octanol–water partition coefficient (Wildman–Crippen LogP) is 4.56. The summed E-state index contributed by atoms with van der Waals surface area (Å²) in [5.74, 6) is 2.41. The van der Waals surface area contributed by atoms with Crippen molar-refractivity contribution >= 4 is 17.3 Å². The van der Waals surface area contributed by atoms with Gasteiger partial charge in [-0.05, 0) is 68.1 Å². The Morgan fingerprint density at radius 3 is 2.65 bits per heavy atom. The van der Waals surface area contributed by atoms with E-state index in [4.69, 9.17) is 4.84 Å². The van der Waals surface area contributed by atoms with E-state index in [1.54, 1.807) is 0 Å². The molecule has 4 fully saturated rings. The van der Waals surface area contributed by atoms with E-state index >= 15 is 0 Å². The number of hydrogen-bond donors (Lipinski definition) is 0. The largest absolute Gasteiger partial charge is 0.396 e. The molecular weight excluding hydrogens is 326 g/mol. The van der Waals surface area contributed by atoms with Crippen LogP contribution in [0.4, 0.5) is 0 Å². The van der Waals surface area contributed by atoms with E-state index in [9.17, 15) is 9.59 Å². The molecule has 0 aliphatic heterocycles. The van der Waals surface area contributed by atoms with Gasteiger partial charge in [-0.3, -0.25) is 9.59 Å². The summed E-state index contributed by atoms with van der Waals surface area (Å²) in [5.41, 5.74) is 1.00. The maximum Gasteiger partial charge on any atom is 0.139 e. The highest BCUT2D eigenvalue weighted by atomic mass is 16.6. The van der Waals surface area contributed by atoms with E-state index in [1.807, 2.05) is 0 Å². The first-order chi connectivity index (χ1) is 12.4. The molecule has 144 valence electrons. The minimum Gasteiger partial charge on any atom is -0.396 e. The maximum absolute atomic E-state index is 13.2. The highest BCUT2D eigenvalue weighted by molar-refractivity contribution is 5.93. The second-order valence-electron chi connectivity index (χ2n) is 9.72. The van der Waals surface area contributed by atoms with Gasteiger partial charge in [0, 0.05) is 24.2 Å². The lowest BCUT2D eigenvalue weighted by molar-refractivity contribution is -0.152. The van der Waals surface area contributed by atoms with Crippen LogP contribution in [-0.2, 0) is 14.4 Å². The number of hydrogen-bond acceptors (Lipinski definition) is 4. The van der Waals surface area contributed by atoms with E-state index in [-0.39, 0.29) is 16.7 Å². The Balaban J connectivity index is 1.57. The SMILES string of the molecule is CCCO/N=C1/CC[C@]2(C)C3CC[C@]4(C)C(=O)CCC4C3CC(=O)[C@H]2C1. The summed E-state index contributed by atoms with van der Waals surface area (Å²) in [7, 11) is 0. The zero-order valence-corrected chi connectivity index (χ0v) is 16.6. The van der Waals surface area contributed by atoms with Crippen molar-refractivity contribution in [1.29, 1.82) is 0 Å². The first-order valence-electron chi connectivity index (χ1n) is 10.6. The molecule has 3 unspecified atom stereocenters. The molecule has 26 heavy (non-hydrogen) atoms. The van der Waals surface area contributed by atoms with Gasteiger partial charge in [0.15, 0.2) is 0 Å². The summed E-state index contributed by atoms with van der Waals surface area (Å²) in [6.07, 6.45) is 8.28. The molecule has 4 nitrogen and oxygen atoms in total. The maximum atomic E-state index is 13.2. The molecule has 0 aromatic carbocycles. The van der Waals surface area contributed by atoms with Crippen molar-refractivity contribution in [2.24, 2.45) is 39.7 Å². The average molecular weight is 360 g/mol. The highest BCUT2D eigenvalue weighted by Crippen LogP contribution is 2.64. The molecule has 0 aromatic rings. The van der Waals surface area contributed by atoms with Crippen LogP contribution in [0.5, 0.6) is 0 Å². The molecule has 6 atom stereocenters. The van der Waals surface area contributed by atoms with Gasteiger partial charge < -0.3 is 4.84 Å². The fraction of sp³-hybridized carbons (Fsp3) is 0.864. The molecule has 0 aromatic heterocycles. The summed E-state index contributed by atoms with van der Waals surface area (Å²) in [6.45, 7) is 7.26. The Hall–Kier alpha value is -1.19. The highest BCUT2D eigenvalue weighted by Gasteiger charge is 2.62. The van der Waals surface area contributed by atoms with Crippen LogP contribution in [0.3, 0.4) is 0 Å². The molecular formula is C22H33NO3. The van der Waals surface area contributed by atoms with Gasteiger partial charge in [0.25, 0.3) is 0 Å². The summed E-state index contributed by atoms with van der Waals surface area (Å²) >= 11 is 0. The molecule has 0 N–H and O–H groups in total. The van der Waals surface area contributed by atoms with Crippen LogP contribution in [0.1, 0.15) is 78.6 Å². The van der Waals surface area contributed by atoms with Crippen molar-refractivity contribution in [3.8, 4) is 0 Å². The Bertz CT molecular complexity index is 641. The number of carbonyl (C=O) groups excluding carboxylic acids is 2. The van der Waals surface area contributed by atoms with Crippen molar-refractivity contribution in [3.63, 3.8) is 0 Å². The third-order valence-corrected chi connectivity index (χ3v) is 8.50. The molecule has 0 bridgehead atoms. The Labute approximate surface area is 157 Å². The molecule has 4 rings (SSSR count). The Morgan fingerprint density at radius 2 is 1.88 bits per heavy atom. The number of Topliss-reactive ketones (excluding diaryl/α,β-unsaturated/α-hetero) is 2. The topological polar surface area (TPSA) is 55.7 Å². The lowest BCUT2D eigenvalue weighted by Gasteiger charge is -2.58. The van der Waals surface area contributed by atoms with Crippen molar-refractivity contribution in [2.45, 2.75) is 78.6 Å². The first-order valence-corrected chi connectivity index (χ1v) is 10.6. The number of nitrogens with zero attached hydrogens (tertiary/aromatic N) is 1. The van der Waals surface area contributed by atoms with Crippen LogP contribution < -0.4 is 0 Å². The van der Waals surface area contributed by atoms with Gasteiger partial charge in [0.1, 0.15) is 18.2 Å². The Morgan fingerprint density at radius 1 is 1.08 bits per heavy atom. The van der Waals surface area contributed by atoms with Gasteiger partial charge in [0.05, 0.1) is 5.71 Å². The molecule has 0 amide bonds. The summed E-state index contributed by atoms with van der Waals surface area (Å²) in [4.78, 5) is 31.1. The van der Waals surface area contributed by atoms with Crippen molar-refractivity contribution < 1.29 is 14.4 Å². The second-order valence-corrected chi connectivity index (χ2v) is 9.72. The van der Waals surface area contributed by atoms with Gasteiger partial charge in [0.2, 0.25) is 0 Å². The van der Waals surface area contributed by atoms with Gasteiger partial charge in [-0.25, -0.2) is 0 Å². The fourth-order valence-electron chi connectivity index (χ4n) is 6.93. The van der Waals surface area contributed by atoms with E-state index in [1.165, 1.54) is 0 Å². The monoisotopic (exact) mass is 359 g/mol. The molecule has 0 spiro atoms. The zero-order valence-electron chi connectivity index (χ0n) is 16.6. The van der Waals surface area contributed by atoms with Crippen molar-refractivity contribution in [3.05, 3.63) is 0 Å². The summed E-state index contributed by atoms with van der Waals surface area (Å²) in [6, 6.07) is 0. The first kappa shape index (κ1) is 18.2. The lowest BCUT2D eigenvalue weighted by atomic mass is 9.45. The van der Waals surface area contributed by atoms with Crippen LogP contribution in [0, 0.1) is 34.5 Å². The molecule has 4 heteroatoms. The summed E-state index contributed by atoms with van der Waals surface area (Å²) < 4.78 is 0. The quantitative estimate of drug-likeness (QED) is 0.548. The minimum absolute atomic E-state index is 0.0801. The van der Waals surface area contributed by atoms with E-state index in [0.29, 0.717) is 42.3 Å². The normalized spacial score (nSPS) is 46.7. The molecule has 4 aliphatic rings. The van der Waals surface area contributed by atoms with Gasteiger partial charge >= 0.3 is 0 Å². The second kappa shape index (κ2) is 6.45. The zero-order chi connectivity index (χ0) is 18.5. The van der Waals surface area contributed by atoms with Crippen molar-refractivity contribution in [2.75, 3.05) is 6.61 Å². The van der Waals surface area contributed by atoms with Gasteiger partial charge in [-0.15, -0.1) is 0 Å². The summed E-state index contributed by atoms with van der Waals surface area (Å²) in [5, 5.41) is 4.33. The number of carbonyl (C=O) groups is 2. The lowest BCUT2D eigenvalue weighted by Crippen LogP contribution is -2.56. The van der Waals surface area contributed by atoms with Crippen LogP contribution >= 0.6 is 0 Å². The molecule has 4 aliphatic carbocycles. The van der Waals surface area contributed by atoms with Crippen LogP contribution in [0.25, 0.3) is 0 Å². The van der Waals surface area contributed by atoms with E-state index < -0.39 is 0 Å². The fourth-order valence-corrected chi connectivity index (χ4v) is 6.93. The number of fused-ring (bicyclic) bond motifs is 5. The van der Waals surface area contributed by atoms with E-state index in [0.717, 1.165) is 57.1 Å². The minimum atomic E-state index is -0.153. The molecule has 4 saturated carbocycles. The molecule has 0 heterocycles. The van der Waals surface area contributed by atoms with E-state index in [2.05, 4.69) is 25.9 Å².